The largest absolute Gasteiger partial charge is 0.497 e. The van der Waals surface area contributed by atoms with E-state index >= 15 is 0 Å². The molecule has 1 aliphatic heterocycles. The Labute approximate surface area is 277 Å². The number of rotatable bonds is 8. The maximum Gasteiger partial charge on any atom is 0.271 e. The smallest absolute Gasteiger partial charge is 0.271 e. The van der Waals surface area contributed by atoms with Gasteiger partial charge in [0.2, 0.25) is 0 Å². The van der Waals surface area contributed by atoms with E-state index in [1.165, 1.54) is 11.3 Å². The molecule has 5 aromatic rings. The van der Waals surface area contributed by atoms with Gasteiger partial charge in [-0.05, 0) is 94.2 Å². The molecule has 1 aromatic heterocycles. The molecule has 10 heteroatoms. The van der Waals surface area contributed by atoms with E-state index in [1.807, 2.05) is 91.0 Å². The molecule has 0 bridgehead atoms. The number of hydrogen-bond donors (Lipinski definition) is 1. The minimum atomic E-state index is -0.697. The lowest BCUT2D eigenvalue weighted by Gasteiger charge is -2.25. The quantitative estimate of drug-likeness (QED) is 0.212. The predicted molar refractivity (Wildman–Crippen MR) is 181 cm³/mol. The van der Waals surface area contributed by atoms with E-state index < -0.39 is 6.04 Å². The number of ether oxygens (including phenoxy) is 2. The SMILES string of the molecule is COc1ccc([C@@H]2C(C(=O)Nc3ccccc3)=C(C)N=c3s/c(=C/c4ccc(OCc5ccc(C#N)cc5)c(Br)c4)c(=O)n32)cc1. The van der Waals surface area contributed by atoms with Crippen LogP contribution in [-0.4, -0.2) is 17.6 Å². The number of carbonyl (C=O) groups excluding carboxylic acids is 1. The van der Waals surface area contributed by atoms with Gasteiger partial charge in [0.1, 0.15) is 18.1 Å². The second-order valence-electron chi connectivity index (χ2n) is 10.5. The van der Waals surface area contributed by atoms with Crippen LogP contribution in [0.15, 0.2) is 123 Å². The Morgan fingerprint density at radius 2 is 1.80 bits per heavy atom. The van der Waals surface area contributed by atoms with Gasteiger partial charge >= 0.3 is 0 Å². The average Bonchev–Trinajstić information content (AvgIpc) is 3.37. The van der Waals surface area contributed by atoms with Crippen LogP contribution >= 0.6 is 27.3 Å². The monoisotopic (exact) mass is 690 g/mol. The number of amides is 1. The molecule has 8 nitrogen and oxygen atoms in total. The highest BCUT2D eigenvalue weighted by Crippen LogP contribution is 2.32. The summed E-state index contributed by atoms with van der Waals surface area (Å²) >= 11 is 4.87. The molecular formula is C36H27BrN4O4S. The first-order valence-corrected chi connectivity index (χ1v) is 15.9. The highest BCUT2D eigenvalue weighted by molar-refractivity contribution is 9.10. The lowest BCUT2D eigenvalue weighted by Crippen LogP contribution is -2.40. The van der Waals surface area contributed by atoms with Crippen LogP contribution in [0.3, 0.4) is 0 Å². The van der Waals surface area contributed by atoms with Crippen molar-refractivity contribution < 1.29 is 14.3 Å². The Morgan fingerprint density at radius 3 is 2.48 bits per heavy atom. The van der Waals surface area contributed by atoms with Gasteiger partial charge < -0.3 is 14.8 Å². The summed E-state index contributed by atoms with van der Waals surface area (Å²) in [6.07, 6.45) is 1.81. The van der Waals surface area contributed by atoms with Gasteiger partial charge in [-0.15, -0.1) is 0 Å². The molecule has 0 fully saturated rings. The molecular weight excluding hydrogens is 664 g/mol. The van der Waals surface area contributed by atoms with Crippen molar-refractivity contribution in [1.82, 2.24) is 4.57 Å². The van der Waals surface area contributed by atoms with E-state index in [1.54, 1.807) is 30.7 Å². The van der Waals surface area contributed by atoms with Crippen LogP contribution < -0.4 is 29.7 Å². The van der Waals surface area contributed by atoms with Gasteiger partial charge in [-0.2, -0.15) is 5.26 Å². The van der Waals surface area contributed by atoms with Crippen LogP contribution in [-0.2, 0) is 11.4 Å². The highest BCUT2D eigenvalue weighted by atomic mass is 79.9. The number of thiazole rings is 1. The zero-order valence-corrected chi connectivity index (χ0v) is 27.3. The molecule has 1 aliphatic rings. The number of halogens is 1. The van der Waals surface area contributed by atoms with Crippen molar-refractivity contribution in [3.05, 3.63) is 155 Å². The number of nitrogens with zero attached hydrogens (tertiary/aromatic N) is 3. The summed E-state index contributed by atoms with van der Waals surface area (Å²) in [5.41, 5.74) is 4.40. The molecule has 0 unspecified atom stereocenters. The number of methoxy groups -OCH3 is 1. The lowest BCUT2D eigenvalue weighted by atomic mass is 9.95. The fourth-order valence-electron chi connectivity index (χ4n) is 5.15. The van der Waals surface area contributed by atoms with E-state index in [9.17, 15) is 9.59 Å². The Hall–Kier alpha value is -5.24. The number of nitriles is 1. The number of anilines is 1. The number of hydrogen-bond acceptors (Lipinski definition) is 7. The molecule has 2 heterocycles. The maximum absolute atomic E-state index is 14.1. The molecule has 0 aliphatic carbocycles. The first-order chi connectivity index (χ1) is 22.3. The summed E-state index contributed by atoms with van der Waals surface area (Å²) < 4.78 is 14.1. The van der Waals surface area contributed by atoms with Gasteiger partial charge in [-0.25, -0.2) is 4.99 Å². The van der Waals surface area contributed by atoms with Crippen molar-refractivity contribution in [2.45, 2.75) is 19.6 Å². The summed E-state index contributed by atoms with van der Waals surface area (Å²) in [4.78, 5) is 33.0. The van der Waals surface area contributed by atoms with Crippen LogP contribution in [0, 0.1) is 11.3 Å². The second-order valence-corrected chi connectivity index (χ2v) is 12.3. The van der Waals surface area contributed by atoms with E-state index in [4.69, 9.17) is 19.7 Å². The number of allylic oxidation sites excluding steroid dienone is 1. The van der Waals surface area contributed by atoms with Crippen molar-refractivity contribution >= 4 is 44.9 Å². The first-order valence-electron chi connectivity index (χ1n) is 14.3. The van der Waals surface area contributed by atoms with Crippen molar-refractivity contribution in [2.24, 2.45) is 4.99 Å². The summed E-state index contributed by atoms with van der Waals surface area (Å²) in [6, 6.07) is 30.8. The molecule has 6 rings (SSSR count). The summed E-state index contributed by atoms with van der Waals surface area (Å²) in [7, 11) is 1.59. The van der Waals surface area contributed by atoms with Gasteiger partial charge in [0.15, 0.2) is 4.80 Å². The van der Waals surface area contributed by atoms with Crippen molar-refractivity contribution in [3.63, 3.8) is 0 Å². The molecule has 0 saturated heterocycles. The first kappa shape index (κ1) is 30.8. The molecule has 0 saturated carbocycles. The Morgan fingerprint density at radius 1 is 1.07 bits per heavy atom. The average molecular weight is 692 g/mol. The number of nitrogens with one attached hydrogen (secondary N) is 1. The van der Waals surface area contributed by atoms with Crippen LogP contribution in [0.4, 0.5) is 5.69 Å². The molecule has 1 N–H and O–H groups in total. The normalized spacial score (nSPS) is 14.2. The number of benzene rings is 4. The van der Waals surface area contributed by atoms with Crippen LogP contribution in [0.2, 0.25) is 0 Å². The predicted octanol–water partition coefficient (Wildman–Crippen LogP) is 6.10. The summed E-state index contributed by atoms with van der Waals surface area (Å²) in [6.45, 7) is 2.13. The molecule has 46 heavy (non-hydrogen) atoms. The zero-order chi connectivity index (χ0) is 32.2. The molecule has 0 spiro atoms. The van der Waals surface area contributed by atoms with Crippen LogP contribution in [0.1, 0.15) is 35.2 Å². The Kier molecular flexibility index (Phi) is 8.97. The molecule has 0 radical (unpaired) electrons. The molecule has 1 amide bonds. The fourth-order valence-corrected chi connectivity index (χ4v) is 6.70. The lowest BCUT2D eigenvalue weighted by molar-refractivity contribution is -0.113. The van der Waals surface area contributed by atoms with E-state index in [0.717, 1.165) is 21.2 Å². The van der Waals surface area contributed by atoms with Crippen LogP contribution in [0.5, 0.6) is 11.5 Å². The second kappa shape index (κ2) is 13.4. The van der Waals surface area contributed by atoms with Gasteiger partial charge in [0.25, 0.3) is 11.5 Å². The minimum absolute atomic E-state index is 0.251. The van der Waals surface area contributed by atoms with Gasteiger partial charge in [0.05, 0.1) is 45.1 Å². The van der Waals surface area contributed by atoms with Gasteiger partial charge in [0, 0.05) is 5.69 Å². The number of para-hydroxylation sites is 1. The van der Waals surface area contributed by atoms with E-state index in [2.05, 4.69) is 27.3 Å². The molecule has 228 valence electrons. The summed E-state index contributed by atoms with van der Waals surface area (Å²) in [5, 5.41) is 12.0. The third-order valence-corrected chi connectivity index (χ3v) is 9.06. The van der Waals surface area contributed by atoms with Gasteiger partial charge in [-0.3, -0.25) is 14.2 Å². The standard InChI is InChI=1S/C36H27BrN4O4S/c1-22-32(34(42)40-27-6-4-3-5-7-27)33(26-13-15-28(44-2)16-14-26)41-35(43)31(46-36(41)39-22)19-25-12-17-30(29(37)18-25)45-21-24-10-8-23(20-38)9-11-24/h3-19,33H,21H2,1-2H3,(H,40,42)/b31-19+/t33-/m1/s1. The van der Waals surface area contributed by atoms with Crippen molar-refractivity contribution in [1.29, 1.82) is 5.26 Å². The number of aromatic nitrogens is 1. The van der Waals surface area contributed by atoms with Crippen LogP contribution in [0.25, 0.3) is 6.08 Å². The number of carbonyl (C=O) groups is 1. The topological polar surface area (TPSA) is 106 Å². The molecule has 4 aromatic carbocycles. The zero-order valence-electron chi connectivity index (χ0n) is 24.9. The molecule has 1 atom stereocenters. The maximum atomic E-state index is 14.1. The summed E-state index contributed by atoms with van der Waals surface area (Å²) in [5.74, 6) is 0.984. The van der Waals surface area contributed by atoms with E-state index in [0.29, 0.717) is 50.0 Å². The Balaban J connectivity index is 1.35. The van der Waals surface area contributed by atoms with Gasteiger partial charge in [-0.1, -0.05) is 59.9 Å². The Bertz CT molecular complexity index is 2180. The highest BCUT2D eigenvalue weighted by Gasteiger charge is 2.32. The minimum Gasteiger partial charge on any atom is -0.497 e. The number of fused-ring (bicyclic) bond motifs is 1. The van der Waals surface area contributed by atoms with E-state index in [-0.39, 0.29) is 11.5 Å². The third kappa shape index (κ3) is 6.42. The third-order valence-electron chi connectivity index (χ3n) is 7.46. The van der Waals surface area contributed by atoms with Crippen molar-refractivity contribution in [2.75, 3.05) is 12.4 Å². The fraction of sp³-hybridized carbons (Fsp3) is 0.111. The van der Waals surface area contributed by atoms with Crippen molar-refractivity contribution in [3.8, 4) is 17.6 Å².